The molecule has 3 atom stereocenters. The highest BCUT2D eigenvalue weighted by atomic mass is 35.5. The van der Waals surface area contributed by atoms with E-state index in [2.05, 4.69) is 22.9 Å². The van der Waals surface area contributed by atoms with E-state index < -0.39 is 36.3 Å². The number of nitrogens with two attached hydrogens (primary N) is 3. The molecule has 4 amide bonds. The van der Waals surface area contributed by atoms with Crippen molar-refractivity contribution in [2.45, 2.75) is 58.2 Å². The van der Waals surface area contributed by atoms with E-state index in [1.165, 1.54) is 24.8 Å². The first-order chi connectivity index (χ1) is 32.8. The van der Waals surface area contributed by atoms with Gasteiger partial charge < -0.3 is 57.4 Å². The quantitative estimate of drug-likeness (QED) is 0.0590. The van der Waals surface area contributed by atoms with Gasteiger partial charge in [-0.15, -0.1) is 0 Å². The van der Waals surface area contributed by atoms with Gasteiger partial charge in [-0.2, -0.15) is 0 Å². The van der Waals surface area contributed by atoms with Gasteiger partial charge in [0, 0.05) is 47.9 Å². The number of benzene rings is 5. The summed E-state index contributed by atoms with van der Waals surface area (Å²) in [4.78, 5) is 64.2. The number of likely N-dealkylation sites (N-methyl/N-ethyl adjacent to an activating group) is 1. The Hall–Kier alpha value is -6.98. The molecule has 68 heavy (non-hydrogen) atoms. The molecular weight excluding hydrogens is 890 g/mol. The van der Waals surface area contributed by atoms with Crippen molar-refractivity contribution < 1.29 is 43.3 Å². The number of rotatable bonds is 15. The maximum Gasteiger partial charge on any atom is 0.290 e. The van der Waals surface area contributed by atoms with Gasteiger partial charge >= 0.3 is 0 Å². The minimum Gasteiger partial charge on any atom is -0.492 e. The van der Waals surface area contributed by atoms with Crippen LogP contribution in [0.5, 0.6) is 23.0 Å². The number of amides is 4. The summed E-state index contributed by atoms with van der Waals surface area (Å²) in [5, 5.41) is 16.0. The average molecular weight is 953 g/mol. The summed E-state index contributed by atoms with van der Waals surface area (Å²) in [6.45, 7) is 6.81. The van der Waals surface area contributed by atoms with Crippen LogP contribution in [0.1, 0.15) is 61.1 Å². The molecule has 1 aliphatic heterocycles. The summed E-state index contributed by atoms with van der Waals surface area (Å²) in [7, 11) is 1.48. The molecule has 0 spiro atoms. The van der Waals surface area contributed by atoms with Crippen LogP contribution in [-0.2, 0) is 25.6 Å². The third-order valence-corrected chi connectivity index (χ3v) is 10.7. The summed E-state index contributed by atoms with van der Waals surface area (Å²) < 4.78 is 18.0. The topological polar surface area (TPSA) is 251 Å². The second-order valence-electron chi connectivity index (χ2n) is 15.7. The first kappa shape index (κ1) is 53.6. The fourth-order valence-corrected chi connectivity index (χ4v) is 7.14. The molecule has 5 aromatic carbocycles. The first-order valence-corrected chi connectivity index (χ1v) is 22.6. The number of nitrogens with zero attached hydrogens (tertiary/aromatic N) is 1. The molecule has 4 bridgehead atoms. The zero-order valence-electron chi connectivity index (χ0n) is 38.8. The molecule has 0 aromatic heterocycles. The molecule has 0 radical (unpaired) electrons. The number of fused-ring (bicyclic) bond motifs is 5. The van der Waals surface area contributed by atoms with Crippen molar-refractivity contribution in [3.8, 4) is 45.3 Å². The number of halogens is 1. The molecule has 5 aromatic rings. The summed E-state index contributed by atoms with van der Waals surface area (Å²) in [6, 6.07) is 30.1. The average Bonchev–Trinajstić information content (AvgIpc) is 3.33. The Bertz CT molecular complexity index is 2420. The van der Waals surface area contributed by atoms with Gasteiger partial charge in [0.15, 0.2) is 0 Å². The minimum atomic E-state index is -1.22. The number of carboxylic acid groups (broad SMARTS) is 1. The molecule has 1 heterocycles. The van der Waals surface area contributed by atoms with Gasteiger partial charge in [0.2, 0.25) is 17.7 Å². The smallest absolute Gasteiger partial charge is 0.290 e. The third-order valence-electron chi connectivity index (χ3n) is 10.5. The number of hydrogen-bond donors (Lipinski definition) is 7. The number of ether oxygens (including phenoxy) is 3. The molecule has 362 valence electrons. The van der Waals surface area contributed by atoms with Gasteiger partial charge in [-0.1, -0.05) is 61.3 Å². The first-order valence-electron chi connectivity index (χ1n) is 22.3. The van der Waals surface area contributed by atoms with Crippen molar-refractivity contribution in [3.05, 3.63) is 131 Å². The number of hydrogen-bond acceptors (Lipinski definition) is 11. The van der Waals surface area contributed by atoms with Crippen molar-refractivity contribution in [2.24, 2.45) is 17.2 Å². The summed E-state index contributed by atoms with van der Waals surface area (Å²) in [5.74, 6) is 0.352. The molecule has 16 nitrogen and oxygen atoms in total. The van der Waals surface area contributed by atoms with Gasteiger partial charge in [0.05, 0.1) is 6.54 Å². The van der Waals surface area contributed by atoms with Crippen LogP contribution in [-0.4, -0.2) is 98.6 Å². The van der Waals surface area contributed by atoms with E-state index in [9.17, 15) is 19.2 Å². The Kier molecular flexibility index (Phi) is 21.8. The van der Waals surface area contributed by atoms with E-state index in [1.54, 1.807) is 61.5 Å². The third kappa shape index (κ3) is 15.8. The molecule has 0 aliphatic carbocycles. The second kappa shape index (κ2) is 27.6. The van der Waals surface area contributed by atoms with E-state index in [0.29, 0.717) is 56.7 Å². The standard InChI is InChI=1S/C46H49ClN6O7.C4H11N.CH2O2/c1-28-24-30-4-18-40(58-22-20-48)38(25-30)39-26-34(11-19-41(39)59-23-21-49)43(46(57)52-29(2)44(55)51-28)53(3)42(54)27-50-45(56)33-7-5-31(6-8-33)32-9-14-36(15-10-32)60-37-16-12-35(47)13-17-37;1-2-3-4-5;2-1-3/h4-19,25-26,28-29,43H,20-24,27,48-49H2,1-3H3,(H,50,56)(H,51,55)(H,52,57);2-5H2,1H3;1H,(H,2,3)/t28?,29-,43?;;/m0../s1. The highest BCUT2D eigenvalue weighted by Gasteiger charge is 2.32. The Labute approximate surface area is 402 Å². The van der Waals surface area contributed by atoms with Crippen LogP contribution in [0.25, 0.3) is 22.3 Å². The van der Waals surface area contributed by atoms with Crippen LogP contribution >= 0.6 is 11.6 Å². The predicted octanol–water partition coefficient (Wildman–Crippen LogP) is 6.08. The van der Waals surface area contributed by atoms with Crippen LogP contribution in [0.4, 0.5) is 0 Å². The van der Waals surface area contributed by atoms with Crippen molar-refractivity contribution in [1.82, 2.24) is 20.9 Å². The molecular formula is C51H62ClN7O9. The lowest BCUT2D eigenvalue weighted by Gasteiger charge is -2.30. The van der Waals surface area contributed by atoms with E-state index in [4.69, 9.17) is 52.9 Å². The monoisotopic (exact) mass is 951 g/mol. The fraction of sp³-hybridized carbons (Fsp3) is 0.314. The molecule has 0 saturated heterocycles. The molecule has 2 unspecified atom stereocenters. The van der Waals surface area contributed by atoms with Gasteiger partial charge in [-0.25, -0.2) is 0 Å². The van der Waals surface area contributed by atoms with Crippen LogP contribution < -0.4 is 47.4 Å². The van der Waals surface area contributed by atoms with E-state index in [0.717, 1.165) is 23.2 Å². The maximum atomic E-state index is 14.2. The van der Waals surface area contributed by atoms with E-state index >= 15 is 0 Å². The largest absolute Gasteiger partial charge is 0.492 e. The van der Waals surface area contributed by atoms with Crippen molar-refractivity contribution in [1.29, 1.82) is 0 Å². The fourth-order valence-electron chi connectivity index (χ4n) is 7.01. The Morgan fingerprint density at radius 1 is 0.779 bits per heavy atom. The maximum absolute atomic E-state index is 14.2. The minimum absolute atomic E-state index is 0.227. The SMILES string of the molecule is CC1Cc2ccc(OCCN)c(c2)-c2cc(ccc2OCCN)C(N(C)C(=O)CNC(=O)c2ccc(-c3ccc(Oc4ccc(Cl)cc4)cc3)cc2)C(=O)N[C@@H](C)C(=O)N1.CCCCN.O=CO. The molecule has 17 heteroatoms. The number of carbonyl (C=O) groups is 5. The highest BCUT2D eigenvalue weighted by molar-refractivity contribution is 6.30. The lowest BCUT2D eigenvalue weighted by Crippen LogP contribution is -2.52. The van der Waals surface area contributed by atoms with Crippen LogP contribution in [0.2, 0.25) is 5.02 Å². The summed E-state index contributed by atoms with van der Waals surface area (Å²) in [6.07, 6.45) is 2.89. The predicted molar refractivity (Wildman–Crippen MR) is 264 cm³/mol. The zero-order valence-corrected chi connectivity index (χ0v) is 39.6. The number of carbonyl (C=O) groups excluding carboxylic acids is 4. The van der Waals surface area contributed by atoms with Crippen LogP contribution in [0, 0.1) is 0 Å². The van der Waals surface area contributed by atoms with Crippen LogP contribution in [0.3, 0.4) is 0 Å². The van der Waals surface area contributed by atoms with Gasteiger partial charge in [-0.3, -0.25) is 24.0 Å². The van der Waals surface area contributed by atoms with Crippen molar-refractivity contribution in [2.75, 3.05) is 46.4 Å². The van der Waals surface area contributed by atoms with Crippen molar-refractivity contribution >= 4 is 41.7 Å². The van der Waals surface area contributed by atoms with E-state index in [-0.39, 0.29) is 44.7 Å². The van der Waals surface area contributed by atoms with Gasteiger partial charge in [0.1, 0.15) is 48.3 Å². The Morgan fingerprint density at radius 2 is 1.32 bits per heavy atom. The van der Waals surface area contributed by atoms with Crippen molar-refractivity contribution in [3.63, 3.8) is 0 Å². The molecule has 0 fully saturated rings. The van der Waals surface area contributed by atoms with Gasteiger partial charge in [0.25, 0.3) is 12.4 Å². The Balaban J connectivity index is 0.00000117. The summed E-state index contributed by atoms with van der Waals surface area (Å²) >= 11 is 5.97. The second-order valence-corrected chi connectivity index (χ2v) is 16.1. The number of unbranched alkanes of at least 4 members (excludes halogenated alkanes) is 1. The lowest BCUT2D eigenvalue weighted by atomic mass is 9.94. The number of nitrogens with one attached hydrogen (secondary N) is 3. The van der Waals surface area contributed by atoms with Gasteiger partial charge in [-0.05, 0) is 128 Å². The normalized spacial score (nSPS) is 15.3. The highest BCUT2D eigenvalue weighted by Crippen LogP contribution is 2.40. The molecule has 10 N–H and O–H groups in total. The zero-order chi connectivity index (χ0) is 49.6. The van der Waals surface area contributed by atoms with Crippen LogP contribution in [0.15, 0.2) is 109 Å². The molecule has 0 saturated carbocycles. The van der Waals surface area contributed by atoms with E-state index in [1.807, 2.05) is 61.5 Å². The lowest BCUT2D eigenvalue weighted by molar-refractivity contribution is -0.139. The Morgan fingerprint density at radius 3 is 1.87 bits per heavy atom. The molecule has 1 aliphatic rings. The molecule has 6 rings (SSSR count). The summed E-state index contributed by atoms with van der Waals surface area (Å²) in [5.41, 5.74) is 21.5.